The van der Waals surface area contributed by atoms with Crippen LogP contribution in [0.4, 0.5) is 0 Å². The molecular weight excluding hydrogens is 328 g/mol. The summed E-state index contributed by atoms with van der Waals surface area (Å²) in [5, 5.41) is 2.97. The van der Waals surface area contributed by atoms with E-state index in [4.69, 9.17) is 12.2 Å². The molecule has 0 spiro atoms. The first-order chi connectivity index (χ1) is 11.0. The molecule has 1 amide bonds. The maximum Gasteiger partial charge on any atom is 0.225 e. The van der Waals surface area contributed by atoms with Crippen molar-refractivity contribution in [2.45, 2.75) is 26.8 Å². The van der Waals surface area contributed by atoms with Gasteiger partial charge in [-0.3, -0.25) is 4.79 Å². The lowest BCUT2D eigenvalue weighted by molar-refractivity contribution is -0.120. The molecule has 5 nitrogen and oxygen atoms in total. The molecule has 23 heavy (non-hydrogen) atoms. The molecular formula is C16H18N4OS2. The minimum Gasteiger partial charge on any atom is -0.354 e. The van der Waals surface area contributed by atoms with E-state index >= 15 is 0 Å². The Morgan fingerprint density at radius 2 is 2.17 bits per heavy atom. The summed E-state index contributed by atoms with van der Waals surface area (Å²) in [7, 11) is 0. The average molecular weight is 346 g/mol. The first-order valence-electron chi connectivity index (χ1n) is 7.42. The second kappa shape index (κ2) is 6.64. The fourth-order valence-corrected chi connectivity index (χ4v) is 3.89. The molecule has 0 atom stereocenters. The Kier molecular flexibility index (Phi) is 4.58. The van der Waals surface area contributed by atoms with Gasteiger partial charge in [0, 0.05) is 23.7 Å². The Morgan fingerprint density at radius 3 is 2.91 bits per heavy atom. The predicted octanol–water partition coefficient (Wildman–Crippen LogP) is 3.13. The van der Waals surface area contributed by atoms with E-state index in [0.717, 1.165) is 27.4 Å². The molecule has 2 N–H and O–H groups in total. The normalized spacial score (nSPS) is 11.0. The van der Waals surface area contributed by atoms with E-state index in [9.17, 15) is 4.79 Å². The summed E-state index contributed by atoms with van der Waals surface area (Å²) in [6, 6.07) is 8.03. The summed E-state index contributed by atoms with van der Waals surface area (Å²) in [5.74, 6) is 0.973. The SMILES string of the molecule is Cc1[nH]c(=S)sc1CC(=O)NCCn1c(C)nc2ccccc21. The molecule has 0 bridgehead atoms. The number of benzene rings is 1. The molecule has 120 valence electrons. The Labute approximate surface area is 143 Å². The quantitative estimate of drug-likeness (QED) is 0.698. The number of H-pyrrole nitrogens is 1. The maximum absolute atomic E-state index is 12.1. The van der Waals surface area contributed by atoms with Crippen LogP contribution in [0.2, 0.25) is 0 Å². The van der Waals surface area contributed by atoms with Crippen molar-refractivity contribution in [3.05, 3.63) is 44.6 Å². The second-order valence-electron chi connectivity index (χ2n) is 5.39. The number of carbonyl (C=O) groups is 1. The molecule has 0 saturated carbocycles. The van der Waals surface area contributed by atoms with Crippen LogP contribution in [0.5, 0.6) is 0 Å². The number of aromatic nitrogens is 3. The number of hydrogen-bond acceptors (Lipinski definition) is 4. The van der Waals surface area contributed by atoms with Gasteiger partial charge in [0.05, 0.1) is 17.5 Å². The molecule has 2 aromatic heterocycles. The average Bonchev–Trinajstić information content (AvgIpc) is 2.98. The Morgan fingerprint density at radius 1 is 1.39 bits per heavy atom. The van der Waals surface area contributed by atoms with Crippen LogP contribution in [-0.2, 0) is 17.8 Å². The molecule has 2 heterocycles. The van der Waals surface area contributed by atoms with Gasteiger partial charge in [0.2, 0.25) is 5.91 Å². The molecule has 0 unspecified atom stereocenters. The first kappa shape index (κ1) is 15.9. The fraction of sp³-hybridized carbons (Fsp3) is 0.312. The topological polar surface area (TPSA) is 62.7 Å². The minimum atomic E-state index is 0.0143. The van der Waals surface area contributed by atoms with Crippen molar-refractivity contribution < 1.29 is 4.79 Å². The van der Waals surface area contributed by atoms with Crippen molar-refractivity contribution in [1.29, 1.82) is 0 Å². The van der Waals surface area contributed by atoms with Crippen LogP contribution in [-0.4, -0.2) is 27.0 Å². The summed E-state index contributed by atoms with van der Waals surface area (Å²) >= 11 is 6.56. The van der Waals surface area contributed by atoms with E-state index in [0.29, 0.717) is 23.5 Å². The van der Waals surface area contributed by atoms with Crippen LogP contribution in [0, 0.1) is 17.8 Å². The van der Waals surface area contributed by atoms with Gasteiger partial charge >= 0.3 is 0 Å². The lowest BCUT2D eigenvalue weighted by atomic mass is 10.3. The van der Waals surface area contributed by atoms with Crippen molar-refractivity contribution in [2.24, 2.45) is 0 Å². The summed E-state index contributed by atoms with van der Waals surface area (Å²) < 4.78 is 2.84. The van der Waals surface area contributed by atoms with E-state index in [-0.39, 0.29) is 5.91 Å². The molecule has 7 heteroatoms. The van der Waals surface area contributed by atoms with Crippen molar-refractivity contribution in [3.8, 4) is 0 Å². The number of para-hydroxylation sites is 2. The van der Waals surface area contributed by atoms with Crippen LogP contribution in [0.15, 0.2) is 24.3 Å². The largest absolute Gasteiger partial charge is 0.354 e. The highest BCUT2D eigenvalue weighted by atomic mass is 32.1. The third-order valence-corrected chi connectivity index (χ3v) is 5.08. The van der Waals surface area contributed by atoms with Crippen LogP contribution < -0.4 is 5.32 Å². The third kappa shape index (κ3) is 3.51. The first-order valence-corrected chi connectivity index (χ1v) is 8.64. The number of carbonyl (C=O) groups excluding carboxylic acids is 1. The van der Waals surface area contributed by atoms with Crippen molar-refractivity contribution >= 4 is 40.5 Å². The predicted molar refractivity (Wildman–Crippen MR) is 95.4 cm³/mol. The summed E-state index contributed by atoms with van der Waals surface area (Å²) in [5.41, 5.74) is 3.06. The number of nitrogens with zero attached hydrogens (tertiary/aromatic N) is 2. The number of hydrogen-bond donors (Lipinski definition) is 2. The molecule has 3 aromatic rings. The molecule has 0 aliphatic rings. The van der Waals surface area contributed by atoms with Gasteiger partial charge in [-0.2, -0.15) is 0 Å². The molecule has 3 rings (SSSR count). The minimum absolute atomic E-state index is 0.0143. The van der Waals surface area contributed by atoms with Gasteiger partial charge in [0.25, 0.3) is 0 Å². The van der Waals surface area contributed by atoms with Crippen LogP contribution in [0.1, 0.15) is 16.4 Å². The van der Waals surface area contributed by atoms with E-state index < -0.39 is 0 Å². The molecule has 0 saturated heterocycles. The smallest absolute Gasteiger partial charge is 0.225 e. The van der Waals surface area contributed by atoms with E-state index in [1.165, 1.54) is 11.3 Å². The van der Waals surface area contributed by atoms with E-state index in [1.54, 1.807) is 0 Å². The Bertz CT molecular complexity index is 906. The zero-order chi connectivity index (χ0) is 16.4. The van der Waals surface area contributed by atoms with Gasteiger partial charge in [-0.05, 0) is 38.2 Å². The Hall–Kier alpha value is -1.99. The van der Waals surface area contributed by atoms with E-state index in [1.807, 2.05) is 38.1 Å². The van der Waals surface area contributed by atoms with Gasteiger partial charge in [0.15, 0.2) is 3.95 Å². The fourth-order valence-electron chi connectivity index (χ4n) is 2.60. The third-order valence-electron chi connectivity index (χ3n) is 3.75. The van der Waals surface area contributed by atoms with Gasteiger partial charge in [-0.15, -0.1) is 11.3 Å². The van der Waals surface area contributed by atoms with E-state index in [2.05, 4.69) is 19.9 Å². The van der Waals surface area contributed by atoms with Crippen LogP contribution in [0.25, 0.3) is 11.0 Å². The highest BCUT2D eigenvalue weighted by Gasteiger charge is 2.10. The zero-order valence-electron chi connectivity index (χ0n) is 13.0. The van der Waals surface area contributed by atoms with Crippen LogP contribution >= 0.6 is 23.6 Å². The lowest BCUT2D eigenvalue weighted by Crippen LogP contribution is -2.28. The Balaban J connectivity index is 1.60. The second-order valence-corrected chi connectivity index (χ2v) is 7.16. The number of aromatic amines is 1. The van der Waals surface area contributed by atoms with Gasteiger partial charge in [0.1, 0.15) is 5.82 Å². The number of imidazole rings is 1. The van der Waals surface area contributed by atoms with Gasteiger partial charge in [-0.25, -0.2) is 4.98 Å². The maximum atomic E-state index is 12.1. The van der Waals surface area contributed by atoms with Crippen molar-refractivity contribution in [1.82, 2.24) is 19.9 Å². The monoisotopic (exact) mass is 346 g/mol. The van der Waals surface area contributed by atoms with Crippen LogP contribution in [0.3, 0.4) is 0 Å². The number of rotatable bonds is 5. The molecule has 0 aliphatic heterocycles. The highest BCUT2D eigenvalue weighted by molar-refractivity contribution is 7.73. The summed E-state index contributed by atoms with van der Waals surface area (Å²) in [4.78, 5) is 20.7. The summed E-state index contributed by atoms with van der Waals surface area (Å²) in [6.45, 7) is 5.21. The van der Waals surface area contributed by atoms with Gasteiger partial charge in [-0.1, -0.05) is 12.1 Å². The van der Waals surface area contributed by atoms with Gasteiger partial charge < -0.3 is 14.9 Å². The number of thiazole rings is 1. The zero-order valence-corrected chi connectivity index (χ0v) is 14.7. The molecule has 0 fully saturated rings. The lowest BCUT2D eigenvalue weighted by Gasteiger charge is -2.08. The van der Waals surface area contributed by atoms with Crippen molar-refractivity contribution in [3.63, 3.8) is 0 Å². The van der Waals surface area contributed by atoms with Crippen molar-refractivity contribution in [2.75, 3.05) is 6.54 Å². The summed E-state index contributed by atoms with van der Waals surface area (Å²) in [6.07, 6.45) is 0.368. The number of aryl methyl sites for hydroxylation is 2. The standard InChI is InChI=1S/C16H18N4OS2/c1-10-14(23-16(22)18-10)9-15(21)17-7-8-20-11(2)19-12-5-3-4-6-13(12)20/h3-6H,7-9H2,1-2H3,(H,17,21)(H,18,22). The highest BCUT2D eigenvalue weighted by Crippen LogP contribution is 2.16. The number of fused-ring (bicyclic) bond motifs is 1. The molecule has 1 aromatic carbocycles. The number of amides is 1. The molecule has 0 aliphatic carbocycles. The number of nitrogens with one attached hydrogen (secondary N) is 2. The molecule has 0 radical (unpaired) electrons.